The molecule has 0 spiro atoms. The van der Waals surface area contributed by atoms with Gasteiger partial charge in [-0.05, 0) is 62.6 Å². The Morgan fingerprint density at radius 1 is 1.00 bits per heavy atom. The molecule has 0 atom stereocenters. The summed E-state index contributed by atoms with van der Waals surface area (Å²) in [5, 5.41) is 2.93. The van der Waals surface area contributed by atoms with Crippen molar-refractivity contribution in [3.05, 3.63) is 78.1 Å². The van der Waals surface area contributed by atoms with Crippen molar-refractivity contribution < 1.29 is 19.1 Å². The number of amides is 2. The molecular weight excluding hydrogens is 504 g/mol. The topological polar surface area (TPSA) is 85.7 Å². The molecule has 0 aliphatic carbocycles. The lowest BCUT2D eigenvalue weighted by Crippen LogP contribution is -2.27. The van der Waals surface area contributed by atoms with Crippen LogP contribution in [0.3, 0.4) is 0 Å². The summed E-state index contributed by atoms with van der Waals surface area (Å²) in [6, 6.07) is 21.3. The number of unbranched alkanes of at least 4 members (excludes halogenated alkanes) is 1. The zero-order valence-electron chi connectivity index (χ0n) is 24.2. The largest absolute Gasteiger partial charge is 0.514 e. The number of urea groups is 1. The number of para-hydroxylation sites is 1. The number of hydrogen-bond donors (Lipinski definition) is 1. The highest BCUT2D eigenvalue weighted by Crippen LogP contribution is 2.31. The molecule has 0 aliphatic rings. The minimum atomic E-state index is -0.732. The molecule has 8 nitrogen and oxygen atoms in total. The van der Waals surface area contributed by atoms with Crippen LogP contribution in [0.25, 0.3) is 22.2 Å². The third kappa shape index (κ3) is 7.20. The highest BCUT2D eigenvalue weighted by Gasteiger charge is 2.20. The number of nitrogens with one attached hydrogen (secondary N) is 1. The molecule has 0 saturated heterocycles. The number of rotatable bonds is 8. The summed E-state index contributed by atoms with van der Waals surface area (Å²) in [4.78, 5) is 30.9. The molecule has 210 valence electrons. The van der Waals surface area contributed by atoms with Crippen molar-refractivity contribution in [1.29, 1.82) is 0 Å². The predicted octanol–water partition coefficient (Wildman–Crippen LogP) is 7.50. The van der Waals surface area contributed by atoms with Crippen LogP contribution in [0.4, 0.5) is 15.3 Å². The number of hydrogen-bond acceptors (Lipinski definition) is 5. The van der Waals surface area contributed by atoms with Gasteiger partial charge in [-0.3, -0.25) is 0 Å². The van der Waals surface area contributed by atoms with Crippen LogP contribution in [0, 0.1) is 0 Å². The van der Waals surface area contributed by atoms with E-state index in [1.807, 2.05) is 48.5 Å². The van der Waals surface area contributed by atoms with Crippen molar-refractivity contribution in [2.75, 3.05) is 19.4 Å². The van der Waals surface area contributed by atoms with Crippen LogP contribution in [0.2, 0.25) is 0 Å². The standard InChI is InChI=1S/C32H38N4O4/c1-7-8-13-29-34-26-19-18-24(33-30(37)35(5)6)20-27(26)36(29)21-22-14-16-23(17-15-22)25-11-9-10-12-28(25)39-31(38)40-32(2,3)4/h9-12,14-20H,7-8,13,21H2,1-6H3,(H,33,37). The number of aromatic nitrogens is 2. The molecule has 0 bridgehead atoms. The molecule has 1 heterocycles. The SMILES string of the molecule is CCCCc1nc2ccc(NC(=O)N(C)C)cc2n1Cc1ccc(-c2ccccc2OC(=O)OC(C)(C)C)cc1. The Labute approximate surface area is 235 Å². The number of fused-ring (bicyclic) bond motifs is 1. The molecule has 0 fully saturated rings. The minimum Gasteiger partial charge on any atom is -0.428 e. The summed E-state index contributed by atoms with van der Waals surface area (Å²) in [6.07, 6.45) is 2.26. The monoisotopic (exact) mass is 542 g/mol. The molecule has 3 aromatic carbocycles. The summed E-state index contributed by atoms with van der Waals surface area (Å²) < 4.78 is 13.1. The van der Waals surface area contributed by atoms with Crippen LogP contribution in [0.1, 0.15) is 51.9 Å². The molecule has 1 N–H and O–H groups in total. The van der Waals surface area contributed by atoms with Crippen molar-refractivity contribution >= 4 is 28.9 Å². The van der Waals surface area contributed by atoms with Gasteiger partial charge in [0.1, 0.15) is 17.2 Å². The number of benzene rings is 3. The summed E-state index contributed by atoms with van der Waals surface area (Å²) in [5.74, 6) is 1.47. The Morgan fingerprint density at radius 2 is 1.73 bits per heavy atom. The Hall–Kier alpha value is -4.33. The van der Waals surface area contributed by atoms with Crippen LogP contribution < -0.4 is 10.1 Å². The predicted molar refractivity (Wildman–Crippen MR) is 159 cm³/mol. The van der Waals surface area contributed by atoms with E-state index in [2.05, 4.69) is 28.9 Å². The third-order valence-electron chi connectivity index (χ3n) is 6.31. The molecule has 2 amide bonds. The lowest BCUT2D eigenvalue weighted by atomic mass is 10.0. The van der Waals surface area contributed by atoms with Crippen molar-refractivity contribution in [2.24, 2.45) is 0 Å². The van der Waals surface area contributed by atoms with E-state index in [-0.39, 0.29) is 6.03 Å². The van der Waals surface area contributed by atoms with Crippen LogP contribution >= 0.6 is 0 Å². The molecule has 1 aromatic heterocycles. The number of carbonyl (C=O) groups excluding carboxylic acids is 2. The average Bonchev–Trinajstić information content (AvgIpc) is 3.23. The van der Waals surface area contributed by atoms with Gasteiger partial charge >= 0.3 is 12.2 Å². The van der Waals surface area contributed by atoms with E-state index < -0.39 is 11.8 Å². The fourth-order valence-electron chi connectivity index (χ4n) is 4.31. The Kier molecular flexibility index (Phi) is 8.77. The van der Waals surface area contributed by atoms with E-state index in [1.165, 1.54) is 4.90 Å². The normalized spacial score (nSPS) is 11.3. The zero-order chi connectivity index (χ0) is 28.9. The van der Waals surface area contributed by atoms with Crippen LogP contribution in [0.5, 0.6) is 5.75 Å². The highest BCUT2D eigenvalue weighted by molar-refractivity contribution is 5.92. The van der Waals surface area contributed by atoms with Crippen molar-refractivity contribution in [1.82, 2.24) is 14.5 Å². The first-order valence-electron chi connectivity index (χ1n) is 13.6. The summed E-state index contributed by atoms with van der Waals surface area (Å²) in [6.45, 7) is 8.21. The molecule has 4 aromatic rings. The van der Waals surface area contributed by atoms with E-state index in [9.17, 15) is 9.59 Å². The second kappa shape index (κ2) is 12.2. The van der Waals surface area contributed by atoms with Gasteiger partial charge in [-0.2, -0.15) is 0 Å². The highest BCUT2D eigenvalue weighted by atomic mass is 16.7. The molecule has 0 unspecified atom stereocenters. The Balaban J connectivity index is 1.61. The number of nitrogens with zero attached hydrogens (tertiary/aromatic N) is 3. The molecule has 0 aliphatic heterocycles. The lowest BCUT2D eigenvalue weighted by molar-refractivity contribution is 0.0207. The fraction of sp³-hybridized carbons (Fsp3) is 0.344. The van der Waals surface area contributed by atoms with E-state index in [1.54, 1.807) is 40.9 Å². The second-order valence-electron chi connectivity index (χ2n) is 11.0. The van der Waals surface area contributed by atoms with Crippen LogP contribution in [-0.2, 0) is 17.7 Å². The van der Waals surface area contributed by atoms with Crippen molar-refractivity contribution in [3.8, 4) is 16.9 Å². The minimum absolute atomic E-state index is 0.178. The summed E-state index contributed by atoms with van der Waals surface area (Å²) >= 11 is 0. The van der Waals surface area contributed by atoms with Gasteiger partial charge in [-0.15, -0.1) is 0 Å². The lowest BCUT2D eigenvalue weighted by Gasteiger charge is -2.19. The van der Waals surface area contributed by atoms with E-state index in [0.29, 0.717) is 12.3 Å². The maximum absolute atomic E-state index is 12.3. The number of aryl methyl sites for hydroxylation is 1. The zero-order valence-corrected chi connectivity index (χ0v) is 24.2. The van der Waals surface area contributed by atoms with Gasteiger partial charge in [0.2, 0.25) is 0 Å². The van der Waals surface area contributed by atoms with Gasteiger partial charge in [0.05, 0.1) is 11.0 Å². The maximum atomic E-state index is 12.3. The van der Waals surface area contributed by atoms with Crippen LogP contribution in [0.15, 0.2) is 66.7 Å². The van der Waals surface area contributed by atoms with E-state index in [0.717, 1.165) is 58.5 Å². The number of carbonyl (C=O) groups is 2. The number of imidazole rings is 1. The van der Waals surface area contributed by atoms with Gasteiger partial charge in [0.15, 0.2) is 0 Å². The Morgan fingerprint density at radius 3 is 2.40 bits per heavy atom. The quantitative estimate of drug-likeness (QED) is 0.184. The first kappa shape index (κ1) is 28.7. The first-order chi connectivity index (χ1) is 19.0. The van der Waals surface area contributed by atoms with Gasteiger partial charge in [-0.25, -0.2) is 14.6 Å². The maximum Gasteiger partial charge on any atom is 0.514 e. The first-order valence-corrected chi connectivity index (χ1v) is 13.6. The average molecular weight is 543 g/mol. The molecule has 0 radical (unpaired) electrons. The summed E-state index contributed by atoms with van der Waals surface area (Å²) in [5.41, 5.74) is 4.80. The fourth-order valence-corrected chi connectivity index (χ4v) is 4.31. The summed E-state index contributed by atoms with van der Waals surface area (Å²) in [7, 11) is 3.43. The molecule has 0 saturated carbocycles. The van der Waals surface area contributed by atoms with Gasteiger partial charge in [0, 0.05) is 38.3 Å². The van der Waals surface area contributed by atoms with Crippen molar-refractivity contribution in [3.63, 3.8) is 0 Å². The molecule has 8 heteroatoms. The Bertz CT molecular complexity index is 1480. The van der Waals surface area contributed by atoms with Gasteiger partial charge in [0.25, 0.3) is 0 Å². The number of ether oxygens (including phenoxy) is 2. The van der Waals surface area contributed by atoms with Crippen LogP contribution in [-0.4, -0.2) is 46.3 Å². The van der Waals surface area contributed by atoms with E-state index >= 15 is 0 Å². The molecule has 40 heavy (non-hydrogen) atoms. The molecular formula is C32H38N4O4. The van der Waals surface area contributed by atoms with Gasteiger partial charge in [-0.1, -0.05) is 55.8 Å². The molecule has 4 rings (SSSR count). The van der Waals surface area contributed by atoms with Crippen molar-refractivity contribution in [2.45, 2.75) is 59.1 Å². The second-order valence-corrected chi connectivity index (χ2v) is 11.0. The smallest absolute Gasteiger partial charge is 0.428 e. The van der Waals surface area contributed by atoms with E-state index in [4.69, 9.17) is 14.5 Å². The van der Waals surface area contributed by atoms with Gasteiger partial charge < -0.3 is 24.3 Å². The number of anilines is 1. The third-order valence-corrected chi connectivity index (χ3v) is 6.31.